The first-order valence-corrected chi connectivity index (χ1v) is 11.6. The van der Waals surface area contributed by atoms with Crippen LogP contribution in [-0.2, 0) is 24.1 Å². The summed E-state index contributed by atoms with van der Waals surface area (Å²) in [4.78, 5) is 12.7. The standard InChI is InChI=1S/C23H25BrF3N5O/c1-13-5-4-6-16(11-13)12-32-15(3)20(14(2)29-32)28-18(33)9-10-31-21(17-7-8-17)19(24)22(30-31)23(25,26)27/h4-6,11,17H,7-10,12H2,1-3H3,(H,28,33). The number of benzene rings is 1. The Kier molecular flexibility index (Phi) is 6.39. The first-order valence-electron chi connectivity index (χ1n) is 10.8. The van der Waals surface area contributed by atoms with Gasteiger partial charge in [0.25, 0.3) is 0 Å². The van der Waals surface area contributed by atoms with Crippen LogP contribution in [0.3, 0.4) is 0 Å². The highest BCUT2D eigenvalue weighted by molar-refractivity contribution is 9.10. The zero-order valence-corrected chi connectivity index (χ0v) is 20.2. The second-order valence-electron chi connectivity index (χ2n) is 8.53. The Morgan fingerprint density at radius 3 is 2.55 bits per heavy atom. The molecule has 1 amide bonds. The van der Waals surface area contributed by atoms with Crippen molar-refractivity contribution in [3.05, 3.63) is 62.6 Å². The number of hydrogen-bond donors (Lipinski definition) is 1. The van der Waals surface area contributed by atoms with E-state index in [9.17, 15) is 18.0 Å². The highest BCUT2D eigenvalue weighted by Gasteiger charge is 2.41. The number of carbonyl (C=O) groups excluding carboxylic acids is 1. The zero-order chi connectivity index (χ0) is 23.9. The molecule has 0 radical (unpaired) electrons. The Labute approximate surface area is 198 Å². The summed E-state index contributed by atoms with van der Waals surface area (Å²) in [7, 11) is 0. The summed E-state index contributed by atoms with van der Waals surface area (Å²) in [5.74, 6) is -0.242. The van der Waals surface area contributed by atoms with Crippen molar-refractivity contribution in [2.75, 3.05) is 5.32 Å². The second kappa shape index (κ2) is 8.96. The lowest BCUT2D eigenvalue weighted by Crippen LogP contribution is -2.17. The number of amides is 1. The van der Waals surface area contributed by atoms with Crippen molar-refractivity contribution in [1.82, 2.24) is 19.6 Å². The summed E-state index contributed by atoms with van der Waals surface area (Å²) in [6.45, 7) is 6.39. The maximum Gasteiger partial charge on any atom is 0.436 e. The Morgan fingerprint density at radius 1 is 1.18 bits per heavy atom. The molecular weight excluding hydrogens is 499 g/mol. The molecule has 0 bridgehead atoms. The molecule has 10 heteroatoms. The van der Waals surface area contributed by atoms with Gasteiger partial charge < -0.3 is 5.32 Å². The molecule has 1 fully saturated rings. The normalized spacial score (nSPS) is 14.0. The molecule has 33 heavy (non-hydrogen) atoms. The van der Waals surface area contributed by atoms with Gasteiger partial charge in [0, 0.05) is 12.3 Å². The van der Waals surface area contributed by atoms with Crippen molar-refractivity contribution in [1.29, 1.82) is 0 Å². The molecule has 176 valence electrons. The average molecular weight is 524 g/mol. The quantitative estimate of drug-likeness (QED) is 0.429. The molecule has 2 aromatic heterocycles. The first kappa shape index (κ1) is 23.5. The number of hydrogen-bond acceptors (Lipinski definition) is 3. The van der Waals surface area contributed by atoms with Gasteiger partial charge in [-0.25, -0.2) is 0 Å². The third-order valence-electron chi connectivity index (χ3n) is 5.78. The number of nitrogens with zero attached hydrogens (tertiary/aromatic N) is 4. The van der Waals surface area contributed by atoms with Gasteiger partial charge in [-0.05, 0) is 55.1 Å². The smallest absolute Gasteiger partial charge is 0.323 e. The maximum absolute atomic E-state index is 13.3. The summed E-state index contributed by atoms with van der Waals surface area (Å²) < 4.78 is 43.0. The van der Waals surface area contributed by atoms with Crippen molar-refractivity contribution >= 4 is 27.5 Å². The highest BCUT2D eigenvalue weighted by atomic mass is 79.9. The fraction of sp³-hybridized carbons (Fsp3) is 0.435. The number of nitrogens with one attached hydrogen (secondary N) is 1. The topological polar surface area (TPSA) is 64.7 Å². The first-order chi connectivity index (χ1) is 15.5. The molecule has 2 heterocycles. The van der Waals surface area contributed by atoms with E-state index in [1.807, 2.05) is 43.7 Å². The van der Waals surface area contributed by atoms with Crippen LogP contribution in [0.25, 0.3) is 0 Å². The van der Waals surface area contributed by atoms with Gasteiger partial charge in [-0.3, -0.25) is 14.2 Å². The fourth-order valence-electron chi connectivity index (χ4n) is 3.98. The van der Waals surface area contributed by atoms with Crippen molar-refractivity contribution in [3.8, 4) is 0 Å². The van der Waals surface area contributed by atoms with Gasteiger partial charge in [-0.2, -0.15) is 23.4 Å². The molecule has 0 unspecified atom stereocenters. The molecule has 0 aliphatic heterocycles. The number of rotatable bonds is 7. The third-order valence-corrected chi connectivity index (χ3v) is 6.56. The van der Waals surface area contributed by atoms with Crippen LogP contribution in [0.2, 0.25) is 0 Å². The Bertz CT molecular complexity index is 1190. The van der Waals surface area contributed by atoms with Gasteiger partial charge in [0.2, 0.25) is 5.91 Å². The second-order valence-corrected chi connectivity index (χ2v) is 9.33. The summed E-state index contributed by atoms with van der Waals surface area (Å²) in [5.41, 5.74) is 3.99. The number of anilines is 1. The summed E-state index contributed by atoms with van der Waals surface area (Å²) >= 11 is 3.08. The molecule has 4 rings (SSSR count). The monoisotopic (exact) mass is 523 g/mol. The third kappa shape index (κ3) is 5.15. The molecule has 1 aliphatic carbocycles. The van der Waals surface area contributed by atoms with Gasteiger partial charge in [0.05, 0.1) is 40.3 Å². The SMILES string of the molecule is Cc1cccc(Cn2nc(C)c(NC(=O)CCn3nc(C(F)(F)F)c(Br)c3C3CC3)c2C)c1. The van der Waals surface area contributed by atoms with Crippen LogP contribution in [0.1, 0.15) is 59.1 Å². The van der Waals surface area contributed by atoms with Crippen LogP contribution in [0.15, 0.2) is 28.7 Å². The van der Waals surface area contributed by atoms with Crippen molar-refractivity contribution in [2.24, 2.45) is 0 Å². The fourth-order valence-corrected chi connectivity index (χ4v) is 4.81. The summed E-state index contributed by atoms with van der Waals surface area (Å²) in [6.07, 6.45) is -2.89. The number of aromatic nitrogens is 4. The minimum absolute atomic E-state index is 0.00702. The molecule has 0 atom stereocenters. The lowest BCUT2D eigenvalue weighted by atomic mass is 10.1. The van der Waals surface area contributed by atoms with Gasteiger partial charge in [-0.15, -0.1) is 0 Å². The molecule has 0 spiro atoms. The highest BCUT2D eigenvalue weighted by Crippen LogP contribution is 2.47. The van der Waals surface area contributed by atoms with Crippen LogP contribution >= 0.6 is 15.9 Å². The van der Waals surface area contributed by atoms with Crippen LogP contribution in [0.5, 0.6) is 0 Å². The van der Waals surface area contributed by atoms with Crippen LogP contribution in [0, 0.1) is 20.8 Å². The van der Waals surface area contributed by atoms with E-state index in [1.165, 1.54) is 4.68 Å². The predicted octanol–water partition coefficient (Wildman–Crippen LogP) is 5.74. The van der Waals surface area contributed by atoms with E-state index in [2.05, 4.69) is 37.5 Å². The maximum atomic E-state index is 13.3. The summed E-state index contributed by atoms with van der Waals surface area (Å²) in [5, 5.41) is 11.2. The largest absolute Gasteiger partial charge is 0.436 e. The Hall–Kier alpha value is -2.62. The van der Waals surface area contributed by atoms with Crippen LogP contribution in [-0.4, -0.2) is 25.5 Å². The van der Waals surface area contributed by atoms with Crippen molar-refractivity contribution < 1.29 is 18.0 Å². The number of carbonyl (C=O) groups is 1. The van der Waals surface area contributed by atoms with E-state index < -0.39 is 11.9 Å². The average Bonchev–Trinajstić information content (AvgIpc) is 3.45. The molecule has 3 aromatic rings. The van der Waals surface area contributed by atoms with Crippen molar-refractivity contribution in [2.45, 2.75) is 65.2 Å². The van der Waals surface area contributed by atoms with E-state index in [0.29, 0.717) is 23.6 Å². The van der Waals surface area contributed by atoms with E-state index in [4.69, 9.17) is 0 Å². The minimum atomic E-state index is -4.55. The Morgan fingerprint density at radius 2 is 1.91 bits per heavy atom. The van der Waals surface area contributed by atoms with Gasteiger partial charge >= 0.3 is 6.18 Å². The lowest BCUT2D eigenvalue weighted by molar-refractivity contribution is -0.142. The van der Waals surface area contributed by atoms with E-state index in [0.717, 1.165) is 29.7 Å². The van der Waals surface area contributed by atoms with Crippen LogP contribution in [0.4, 0.5) is 18.9 Å². The molecule has 0 saturated heterocycles. The molecule has 1 aromatic carbocycles. The van der Waals surface area contributed by atoms with Crippen molar-refractivity contribution in [3.63, 3.8) is 0 Å². The minimum Gasteiger partial charge on any atom is -0.323 e. The molecule has 6 nitrogen and oxygen atoms in total. The predicted molar refractivity (Wildman–Crippen MR) is 122 cm³/mol. The summed E-state index contributed by atoms with van der Waals surface area (Å²) in [6, 6.07) is 8.13. The Balaban J connectivity index is 1.45. The molecular formula is C23H25BrF3N5O. The molecule has 1 saturated carbocycles. The van der Waals surface area contributed by atoms with E-state index >= 15 is 0 Å². The number of alkyl halides is 3. The lowest BCUT2D eigenvalue weighted by Gasteiger charge is -2.09. The van der Waals surface area contributed by atoms with Gasteiger partial charge in [-0.1, -0.05) is 29.8 Å². The van der Waals surface area contributed by atoms with Crippen LogP contribution < -0.4 is 5.32 Å². The molecule has 1 N–H and O–H groups in total. The molecule has 1 aliphatic rings. The van der Waals surface area contributed by atoms with Gasteiger partial charge in [0.15, 0.2) is 5.69 Å². The van der Waals surface area contributed by atoms with Gasteiger partial charge in [0.1, 0.15) is 0 Å². The number of halogens is 4. The number of aryl methyl sites for hydroxylation is 3. The zero-order valence-electron chi connectivity index (χ0n) is 18.6. The van der Waals surface area contributed by atoms with E-state index in [-0.39, 0.29) is 29.3 Å². The van der Waals surface area contributed by atoms with E-state index in [1.54, 1.807) is 0 Å².